The number of amides is 1. The van der Waals surface area contributed by atoms with E-state index >= 15 is 0 Å². The van der Waals surface area contributed by atoms with Crippen LogP contribution >= 0.6 is 0 Å². The van der Waals surface area contributed by atoms with Crippen molar-refractivity contribution in [2.24, 2.45) is 15.5 Å². The number of hydrogen-bond donors (Lipinski definition) is 1. The predicted octanol–water partition coefficient (Wildman–Crippen LogP) is 5.43. The Kier molecular flexibility index (Phi) is 6.53. The summed E-state index contributed by atoms with van der Waals surface area (Å²) in [6.45, 7) is 6.45. The molecule has 1 aromatic rings. The van der Waals surface area contributed by atoms with Gasteiger partial charge in [0.2, 0.25) is 0 Å². The molecule has 0 saturated heterocycles. The number of carbonyl (C=O) groups is 1. The number of ether oxygens (including phenoxy) is 1. The Balaban J connectivity index is 1.83. The number of aliphatic imine (C=N–C) groups is 1. The molecule has 3 aliphatic rings. The van der Waals surface area contributed by atoms with Crippen LogP contribution in [0, 0.1) is 10.9 Å². The van der Waals surface area contributed by atoms with E-state index in [2.05, 4.69) is 30.2 Å². The molecule has 174 valence electrons. The number of carbonyl (C=O) groups excluding carboxylic acids is 1. The van der Waals surface area contributed by atoms with Crippen LogP contribution in [0.1, 0.15) is 82.4 Å². The lowest BCUT2D eigenvalue weighted by molar-refractivity contribution is -0.139. The maximum Gasteiger partial charge on any atom is 0.261 e. The number of nitrogens with zero attached hydrogens (tertiary/aromatic N) is 3. The molecule has 2 aliphatic carbocycles. The van der Waals surface area contributed by atoms with Gasteiger partial charge >= 0.3 is 0 Å². The Morgan fingerprint density at radius 3 is 2.66 bits per heavy atom. The van der Waals surface area contributed by atoms with Gasteiger partial charge in [0.05, 0.1) is 6.10 Å². The maximum absolute atomic E-state index is 14.3. The van der Waals surface area contributed by atoms with Crippen molar-refractivity contribution in [2.45, 2.75) is 96.2 Å². The van der Waals surface area contributed by atoms with E-state index < -0.39 is 5.54 Å². The highest BCUT2D eigenvalue weighted by atomic mass is 16.5. The lowest BCUT2D eigenvalue weighted by Crippen LogP contribution is -2.53. The van der Waals surface area contributed by atoms with Gasteiger partial charge in [-0.1, -0.05) is 38.0 Å². The van der Waals surface area contributed by atoms with Crippen LogP contribution in [0.3, 0.4) is 0 Å². The van der Waals surface area contributed by atoms with Crippen molar-refractivity contribution in [2.75, 3.05) is 13.7 Å². The average Bonchev–Trinajstić information content (AvgIpc) is 3.22. The van der Waals surface area contributed by atoms with Crippen molar-refractivity contribution in [1.82, 2.24) is 4.90 Å². The number of aryl methyl sites for hydroxylation is 1. The van der Waals surface area contributed by atoms with Crippen molar-refractivity contribution < 1.29 is 9.53 Å². The highest BCUT2D eigenvalue weighted by molar-refractivity contribution is 6.10. The Hall–Kier alpha value is -2.08. The third-order valence-electron chi connectivity index (χ3n) is 7.99. The zero-order chi connectivity index (χ0) is 22.9. The molecule has 0 radical (unpaired) electrons. The van der Waals surface area contributed by atoms with Crippen LogP contribution < -0.4 is 0 Å². The van der Waals surface area contributed by atoms with Gasteiger partial charge in [-0.25, -0.2) is 10.5 Å². The van der Waals surface area contributed by atoms with E-state index in [1.165, 1.54) is 30.4 Å². The molecule has 1 aromatic carbocycles. The van der Waals surface area contributed by atoms with Crippen LogP contribution in [-0.2, 0) is 27.9 Å². The van der Waals surface area contributed by atoms with Gasteiger partial charge in [-0.3, -0.25) is 9.69 Å². The Morgan fingerprint density at radius 1 is 1.28 bits per heavy atom. The quantitative estimate of drug-likeness (QED) is 0.434. The number of nitrogens with one attached hydrogen (secondary N) is 1. The molecular formula is C26H38N4O2. The first-order chi connectivity index (χ1) is 15.4. The molecule has 6 heteroatoms. The summed E-state index contributed by atoms with van der Waals surface area (Å²) in [6.07, 6.45) is 9.54. The lowest BCUT2D eigenvalue weighted by atomic mass is 9.61. The van der Waals surface area contributed by atoms with Gasteiger partial charge in [0.1, 0.15) is 12.4 Å². The normalized spacial score (nSPS) is 29.3. The summed E-state index contributed by atoms with van der Waals surface area (Å²) in [5.41, 5.74) is 10.0. The summed E-state index contributed by atoms with van der Waals surface area (Å²) in [5, 5.41) is 3.63. The van der Waals surface area contributed by atoms with Crippen molar-refractivity contribution >= 4 is 11.7 Å². The van der Waals surface area contributed by atoms with E-state index in [0.29, 0.717) is 5.84 Å². The molecule has 1 aliphatic heterocycles. The van der Waals surface area contributed by atoms with Crippen molar-refractivity contribution in [1.29, 1.82) is 5.53 Å². The van der Waals surface area contributed by atoms with E-state index in [9.17, 15) is 4.79 Å². The minimum Gasteiger partial charge on any atom is -0.381 e. The molecule has 6 nitrogen and oxygen atoms in total. The van der Waals surface area contributed by atoms with Gasteiger partial charge in [-0.15, -0.1) is 0 Å². The monoisotopic (exact) mass is 438 g/mol. The number of hydrogen-bond acceptors (Lipinski definition) is 5. The smallest absolute Gasteiger partial charge is 0.261 e. The first kappa shape index (κ1) is 23.1. The van der Waals surface area contributed by atoms with E-state index in [4.69, 9.17) is 15.3 Å². The van der Waals surface area contributed by atoms with Gasteiger partial charge in [0, 0.05) is 18.6 Å². The summed E-state index contributed by atoms with van der Waals surface area (Å²) in [5.74, 6) is 0.740. The van der Waals surface area contributed by atoms with Crippen molar-refractivity contribution in [3.63, 3.8) is 0 Å². The van der Waals surface area contributed by atoms with E-state index in [-0.39, 0.29) is 30.0 Å². The van der Waals surface area contributed by atoms with Crippen LogP contribution in [0.25, 0.3) is 0 Å². The van der Waals surface area contributed by atoms with Gasteiger partial charge in [0.15, 0.2) is 5.54 Å². The second-order valence-electron chi connectivity index (χ2n) is 10.2. The van der Waals surface area contributed by atoms with Crippen LogP contribution in [0.2, 0.25) is 0 Å². The molecule has 4 rings (SSSR count). The van der Waals surface area contributed by atoms with Gasteiger partial charge in [0.25, 0.3) is 5.91 Å². The summed E-state index contributed by atoms with van der Waals surface area (Å²) < 4.78 is 5.67. The Morgan fingerprint density at radius 2 is 2.03 bits per heavy atom. The molecule has 1 saturated carbocycles. The molecule has 1 atom stereocenters. The molecule has 32 heavy (non-hydrogen) atoms. The average molecular weight is 439 g/mol. The zero-order valence-electron chi connectivity index (χ0n) is 20.1. The molecule has 0 aromatic heterocycles. The Labute approximate surface area is 192 Å². The summed E-state index contributed by atoms with van der Waals surface area (Å²) in [4.78, 5) is 21.4. The number of rotatable bonds is 8. The lowest BCUT2D eigenvalue weighted by Gasteiger charge is -2.45. The summed E-state index contributed by atoms with van der Waals surface area (Å²) in [6, 6.07) is 6.78. The summed E-state index contributed by atoms with van der Waals surface area (Å²) >= 11 is 0. The highest BCUT2D eigenvalue weighted by Crippen LogP contribution is 2.62. The highest BCUT2D eigenvalue weighted by Gasteiger charge is 2.66. The van der Waals surface area contributed by atoms with Crippen LogP contribution in [0.5, 0.6) is 0 Å². The van der Waals surface area contributed by atoms with E-state index in [1.54, 1.807) is 7.11 Å². The number of benzene rings is 1. The van der Waals surface area contributed by atoms with Gasteiger partial charge in [-0.2, -0.15) is 5.11 Å². The summed E-state index contributed by atoms with van der Waals surface area (Å²) in [7, 11) is 1.79. The largest absolute Gasteiger partial charge is 0.381 e. The minimum absolute atomic E-state index is 0.00785. The molecule has 1 fully saturated rings. The Bertz CT molecular complexity index is 901. The van der Waals surface area contributed by atoms with Gasteiger partial charge < -0.3 is 4.74 Å². The number of methoxy groups -OCH3 is 1. The molecule has 1 amide bonds. The van der Waals surface area contributed by atoms with Crippen LogP contribution in [-0.4, -0.2) is 42.4 Å². The molecule has 1 heterocycles. The molecular weight excluding hydrogens is 400 g/mol. The van der Waals surface area contributed by atoms with Crippen molar-refractivity contribution in [3.05, 3.63) is 34.9 Å². The standard InChI is InChI=1S/C26H38N4O2/c1-5-6-7-8-19-9-10-20-16-25(13-11-21(32-4)12-14-25)26(22(20)15-19)24(31)30(18(2)3)23(29-26)17-28-27/h9-10,15,18,21,27H,5-8,11-14,16-17H2,1-4H3. The molecule has 1 N–H and O–H groups in total. The predicted molar refractivity (Wildman–Crippen MR) is 126 cm³/mol. The van der Waals surface area contributed by atoms with Crippen molar-refractivity contribution in [3.8, 4) is 0 Å². The third kappa shape index (κ3) is 3.51. The number of amidine groups is 1. The minimum atomic E-state index is -0.883. The van der Waals surface area contributed by atoms with Crippen LogP contribution in [0.4, 0.5) is 0 Å². The fraction of sp³-hybridized carbons (Fsp3) is 0.692. The van der Waals surface area contributed by atoms with E-state index in [0.717, 1.165) is 44.1 Å². The number of fused-ring (bicyclic) bond motifs is 3. The third-order valence-corrected chi connectivity index (χ3v) is 7.99. The SMILES string of the molecule is CCCCCc1ccc2c(c1)C1(N=C(CN=N)N(C(C)C)C1=O)C1(CCC(OC)CC1)C2. The molecule has 1 unspecified atom stereocenters. The number of unbranched alkanes of at least 4 members (excludes halogenated alkanes) is 2. The molecule has 0 bridgehead atoms. The first-order valence-electron chi connectivity index (χ1n) is 12.3. The van der Waals surface area contributed by atoms with Gasteiger partial charge in [-0.05, 0) is 75.5 Å². The topological polar surface area (TPSA) is 78.1 Å². The van der Waals surface area contributed by atoms with E-state index in [1.807, 2.05) is 18.7 Å². The fourth-order valence-electron chi connectivity index (χ4n) is 6.37. The second-order valence-corrected chi connectivity index (χ2v) is 10.2. The van der Waals surface area contributed by atoms with Crippen LogP contribution in [0.15, 0.2) is 28.3 Å². The second kappa shape index (κ2) is 9.05. The first-order valence-corrected chi connectivity index (χ1v) is 12.3. The molecule has 2 spiro atoms. The fourth-order valence-corrected chi connectivity index (χ4v) is 6.37. The maximum atomic E-state index is 14.3. The zero-order valence-corrected chi connectivity index (χ0v) is 20.1.